The minimum atomic E-state index is -0.365. The van der Waals surface area contributed by atoms with Crippen LogP contribution in [-0.4, -0.2) is 30.2 Å². The minimum Gasteiger partial charge on any atom is -0.390 e. The molecule has 0 bridgehead atoms. The molecule has 0 saturated carbocycles. The highest BCUT2D eigenvalue weighted by atomic mass is 32.1. The van der Waals surface area contributed by atoms with Crippen LogP contribution in [0.1, 0.15) is 31.7 Å². The zero-order valence-corrected chi connectivity index (χ0v) is 16.5. The van der Waals surface area contributed by atoms with Gasteiger partial charge in [-0.3, -0.25) is 0 Å². The van der Waals surface area contributed by atoms with Gasteiger partial charge >= 0.3 is 0 Å². The molecule has 3 atom stereocenters. The lowest BCUT2D eigenvalue weighted by atomic mass is 10.0. The number of hydrogen-bond acceptors (Lipinski definition) is 4. The molecule has 1 aliphatic rings. The number of aliphatic hydroxyl groups is 1. The second-order valence-electron chi connectivity index (χ2n) is 7.16. The van der Waals surface area contributed by atoms with E-state index in [0.717, 1.165) is 25.7 Å². The van der Waals surface area contributed by atoms with Crippen molar-refractivity contribution in [3.63, 3.8) is 0 Å². The summed E-state index contributed by atoms with van der Waals surface area (Å²) in [6, 6.07) is 19.3. The summed E-state index contributed by atoms with van der Waals surface area (Å²) in [5.41, 5.74) is 2.70. The second-order valence-corrected chi connectivity index (χ2v) is 8.21. The Morgan fingerprint density at radius 3 is 2.67 bits per heavy atom. The molecule has 3 aromatic rings. The zero-order valence-electron chi connectivity index (χ0n) is 15.6. The van der Waals surface area contributed by atoms with Crippen molar-refractivity contribution in [3.05, 3.63) is 60.2 Å². The maximum Gasteiger partial charge on any atom is 0.158 e. The number of hydrogen-bond donors (Lipinski definition) is 1. The lowest BCUT2D eigenvalue weighted by Crippen LogP contribution is -2.38. The van der Waals surface area contributed by atoms with Gasteiger partial charge in [0.15, 0.2) is 6.29 Å². The summed E-state index contributed by atoms with van der Waals surface area (Å²) in [6.07, 6.45) is 2.76. The van der Waals surface area contributed by atoms with Crippen LogP contribution in [0.2, 0.25) is 0 Å². The molecule has 0 amide bonds. The van der Waals surface area contributed by atoms with E-state index in [4.69, 9.17) is 9.47 Å². The fourth-order valence-electron chi connectivity index (χ4n) is 3.70. The van der Waals surface area contributed by atoms with Crippen molar-refractivity contribution in [1.29, 1.82) is 0 Å². The lowest BCUT2D eigenvalue weighted by molar-refractivity contribution is -0.217. The van der Waals surface area contributed by atoms with Crippen LogP contribution in [0.15, 0.2) is 54.6 Å². The predicted molar refractivity (Wildman–Crippen MR) is 111 cm³/mol. The highest BCUT2D eigenvalue weighted by molar-refractivity contribution is 7.22. The fraction of sp³-hybridized carbons (Fsp3) is 0.391. The predicted octanol–water partition coefficient (Wildman–Crippen LogP) is 5.40. The molecule has 0 unspecified atom stereocenters. The highest BCUT2D eigenvalue weighted by Crippen LogP contribution is 2.39. The van der Waals surface area contributed by atoms with E-state index >= 15 is 0 Å². The minimum absolute atomic E-state index is 0.144. The Bertz CT molecular complexity index is 874. The first-order chi connectivity index (χ1) is 13.2. The van der Waals surface area contributed by atoms with Crippen LogP contribution in [-0.2, 0) is 15.9 Å². The van der Waals surface area contributed by atoms with Gasteiger partial charge in [0, 0.05) is 16.0 Å². The van der Waals surface area contributed by atoms with E-state index in [-0.39, 0.29) is 18.5 Å². The van der Waals surface area contributed by atoms with Crippen LogP contribution in [0.4, 0.5) is 0 Å². The molecule has 1 N–H and O–H groups in total. The first-order valence-corrected chi connectivity index (χ1v) is 10.5. The fourth-order valence-corrected chi connectivity index (χ4v) is 4.95. The van der Waals surface area contributed by atoms with Gasteiger partial charge in [-0.05, 0) is 48.8 Å². The molecule has 2 heterocycles. The van der Waals surface area contributed by atoms with Crippen LogP contribution < -0.4 is 0 Å². The third-order valence-electron chi connectivity index (χ3n) is 5.22. The number of rotatable bonds is 6. The Labute approximate surface area is 164 Å². The number of aryl methyl sites for hydroxylation is 1. The first kappa shape index (κ1) is 18.6. The monoisotopic (exact) mass is 382 g/mol. The summed E-state index contributed by atoms with van der Waals surface area (Å²) in [6.45, 7) is 2.58. The van der Waals surface area contributed by atoms with Gasteiger partial charge in [-0.2, -0.15) is 0 Å². The highest BCUT2D eigenvalue weighted by Gasteiger charge is 2.26. The average Bonchev–Trinajstić information content (AvgIpc) is 3.07. The smallest absolute Gasteiger partial charge is 0.158 e. The topological polar surface area (TPSA) is 38.7 Å². The Kier molecular flexibility index (Phi) is 5.89. The van der Waals surface area contributed by atoms with Gasteiger partial charge in [0.05, 0.1) is 18.8 Å². The summed E-state index contributed by atoms with van der Waals surface area (Å²) in [7, 11) is 0. The summed E-state index contributed by atoms with van der Waals surface area (Å²) >= 11 is 1.87. The zero-order chi connectivity index (χ0) is 18.6. The van der Waals surface area contributed by atoms with E-state index in [1.165, 1.54) is 26.1 Å². The van der Waals surface area contributed by atoms with Crippen molar-refractivity contribution in [2.45, 2.75) is 51.1 Å². The molecule has 2 aromatic carbocycles. The van der Waals surface area contributed by atoms with Gasteiger partial charge in [-0.15, -0.1) is 11.3 Å². The summed E-state index contributed by atoms with van der Waals surface area (Å²) in [4.78, 5) is 1.36. The molecule has 1 saturated heterocycles. The number of aliphatic hydroxyl groups excluding tert-OH is 1. The molecule has 4 rings (SSSR count). The Morgan fingerprint density at radius 2 is 1.85 bits per heavy atom. The van der Waals surface area contributed by atoms with Crippen molar-refractivity contribution < 1.29 is 14.6 Å². The van der Waals surface area contributed by atoms with Crippen LogP contribution >= 0.6 is 11.3 Å². The van der Waals surface area contributed by atoms with Crippen molar-refractivity contribution in [2.24, 2.45) is 0 Å². The quantitative estimate of drug-likeness (QED) is 0.580. The standard InChI is InChI=1S/C23H26O3S/c1-16-20(24)13-14-22(26-16)25-15-7-11-19-18-10-5-6-12-21(18)27-23(19)17-8-3-2-4-9-17/h2-6,8-10,12,16,20,22,24H,7,11,13-15H2,1H3/t16-,20+,22+/m0/s1. The van der Waals surface area contributed by atoms with Gasteiger partial charge in [-0.25, -0.2) is 0 Å². The van der Waals surface area contributed by atoms with Crippen molar-refractivity contribution in [3.8, 4) is 10.4 Å². The van der Waals surface area contributed by atoms with Crippen LogP contribution in [0.3, 0.4) is 0 Å². The molecule has 1 aliphatic heterocycles. The molecule has 142 valence electrons. The molecular formula is C23H26O3S. The second kappa shape index (κ2) is 8.53. The number of thiophene rings is 1. The maximum atomic E-state index is 9.75. The molecule has 0 radical (unpaired) electrons. The third kappa shape index (κ3) is 4.25. The normalized spacial score (nSPS) is 23.0. The third-order valence-corrected chi connectivity index (χ3v) is 6.48. The van der Waals surface area contributed by atoms with Crippen molar-refractivity contribution in [2.75, 3.05) is 6.61 Å². The van der Waals surface area contributed by atoms with E-state index in [1.807, 2.05) is 18.3 Å². The van der Waals surface area contributed by atoms with Gasteiger partial charge in [0.1, 0.15) is 0 Å². The number of fused-ring (bicyclic) bond motifs is 1. The number of ether oxygens (including phenoxy) is 2. The molecular weight excluding hydrogens is 356 g/mol. The van der Waals surface area contributed by atoms with E-state index in [9.17, 15) is 5.11 Å². The number of benzene rings is 2. The van der Waals surface area contributed by atoms with Crippen molar-refractivity contribution >= 4 is 21.4 Å². The molecule has 4 heteroatoms. The molecule has 0 spiro atoms. The van der Waals surface area contributed by atoms with Gasteiger partial charge in [-0.1, -0.05) is 48.5 Å². The Balaban J connectivity index is 1.44. The lowest BCUT2D eigenvalue weighted by Gasteiger charge is -2.31. The van der Waals surface area contributed by atoms with E-state index in [2.05, 4.69) is 54.6 Å². The van der Waals surface area contributed by atoms with Crippen molar-refractivity contribution in [1.82, 2.24) is 0 Å². The van der Waals surface area contributed by atoms with Gasteiger partial charge < -0.3 is 14.6 Å². The largest absolute Gasteiger partial charge is 0.390 e. The maximum absolute atomic E-state index is 9.75. The summed E-state index contributed by atoms with van der Waals surface area (Å²) in [5, 5.41) is 11.1. The molecule has 1 fully saturated rings. The molecule has 27 heavy (non-hydrogen) atoms. The Morgan fingerprint density at radius 1 is 1.07 bits per heavy atom. The first-order valence-electron chi connectivity index (χ1n) is 9.73. The average molecular weight is 383 g/mol. The van der Waals surface area contributed by atoms with E-state index in [1.54, 1.807) is 0 Å². The van der Waals surface area contributed by atoms with E-state index in [0.29, 0.717) is 6.61 Å². The van der Waals surface area contributed by atoms with Gasteiger partial charge in [0.2, 0.25) is 0 Å². The molecule has 3 nitrogen and oxygen atoms in total. The van der Waals surface area contributed by atoms with Crippen LogP contribution in [0, 0.1) is 0 Å². The van der Waals surface area contributed by atoms with Crippen LogP contribution in [0.25, 0.3) is 20.5 Å². The molecule has 0 aliphatic carbocycles. The molecule has 1 aromatic heterocycles. The van der Waals surface area contributed by atoms with Gasteiger partial charge in [0.25, 0.3) is 0 Å². The van der Waals surface area contributed by atoms with E-state index < -0.39 is 0 Å². The summed E-state index contributed by atoms with van der Waals surface area (Å²) < 4.78 is 13.0. The summed E-state index contributed by atoms with van der Waals surface area (Å²) in [5.74, 6) is 0. The Hall–Kier alpha value is -1.72. The SMILES string of the molecule is C[C@@H]1O[C@@H](OCCCc2c(-c3ccccc3)sc3ccccc23)CC[C@H]1O. The van der Waals surface area contributed by atoms with Crippen LogP contribution in [0.5, 0.6) is 0 Å².